The fourth-order valence-electron chi connectivity index (χ4n) is 11.6. The third-order valence-electron chi connectivity index (χ3n) is 14.8. The molecule has 0 aromatic heterocycles. The first-order valence-electron chi connectivity index (χ1n) is 26.0. The Morgan fingerprint density at radius 1 is 0.316 bits per heavy atom. The molecule has 12 aromatic carbocycles. The van der Waals surface area contributed by atoms with Crippen LogP contribution in [0.25, 0.3) is 87.6 Å². The molecule has 0 saturated carbocycles. The van der Waals surface area contributed by atoms with Crippen LogP contribution in [0.15, 0.2) is 241 Å². The SMILES string of the molecule is Cc1cc(C)cc([C@H](N=Cc2cc3ccccc3c(-c3c(-c4ccccc4)ccc4ccccc34)c2O)[C@@H](N=Cc2cc3ccccc3c(-c3c(-c4ccccc4)ccc4ccccc34)c2O)c2cc(C)cc(C)c2)c1. The Kier molecular flexibility index (Phi) is 12.6. The highest BCUT2D eigenvalue weighted by atomic mass is 16.3. The maximum atomic E-state index is 13.0. The van der Waals surface area contributed by atoms with E-state index in [1.54, 1.807) is 0 Å². The molecule has 0 fully saturated rings. The van der Waals surface area contributed by atoms with Crippen molar-refractivity contribution in [3.05, 3.63) is 275 Å². The van der Waals surface area contributed by atoms with Crippen LogP contribution >= 0.6 is 0 Å². The number of nitrogens with zero attached hydrogens (tertiary/aromatic N) is 2. The predicted molar refractivity (Wildman–Crippen MR) is 320 cm³/mol. The molecule has 12 rings (SSSR count). The Bertz CT molecular complexity index is 3930. The molecule has 2 atom stereocenters. The molecule has 0 aliphatic carbocycles. The third kappa shape index (κ3) is 8.98. The highest BCUT2D eigenvalue weighted by Gasteiger charge is 2.27. The van der Waals surface area contributed by atoms with Crippen molar-refractivity contribution in [3.63, 3.8) is 0 Å². The second-order valence-corrected chi connectivity index (χ2v) is 20.3. The number of phenolic OH excluding ortho intramolecular Hbond substituents is 2. The van der Waals surface area contributed by atoms with Gasteiger partial charge in [0.25, 0.3) is 0 Å². The molecule has 0 amide bonds. The van der Waals surface area contributed by atoms with Gasteiger partial charge in [0.1, 0.15) is 23.6 Å². The smallest absolute Gasteiger partial charge is 0.132 e. The largest absolute Gasteiger partial charge is 0.507 e. The highest BCUT2D eigenvalue weighted by Crippen LogP contribution is 2.49. The summed E-state index contributed by atoms with van der Waals surface area (Å²) in [6, 6.07) is 79.0. The van der Waals surface area contributed by atoms with Crippen molar-refractivity contribution in [2.24, 2.45) is 9.98 Å². The maximum Gasteiger partial charge on any atom is 0.132 e. The predicted octanol–water partition coefficient (Wildman–Crippen LogP) is 18.6. The van der Waals surface area contributed by atoms with Crippen molar-refractivity contribution in [3.8, 4) is 56.0 Å². The van der Waals surface area contributed by atoms with Gasteiger partial charge in [0.2, 0.25) is 0 Å². The summed E-state index contributed by atoms with van der Waals surface area (Å²) in [6.07, 6.45) is 3.70. The lowest BCUT2D eigenvalue weighted by Crippen LogP contribution is -2.11. The number of hydrogen-bond donors (Lipinski definition) is 2. The molecule has 0 aliphatic heterocycles. The molecule has 4 heteroatoms. The van der Waals surface area contributed by atoms with E-state index in [1.807, 2.05) is 61.0 Å². The van der Waals surface area contributed by atoms with Gasteiger partial charge in [-0.2, -0.15) is 0 Å². The molecule has 0 spiro atoms. The van der Waals surface area contributed by atoms with Gasteiger partial charge in [-0.15, -0.1) is 0 Å². The first-order chi connectivity index (χ1) is 37.2. The minimum atomic E-state index is -0.562. The third-order valence-corrected chi connectivity index (χ3v) is 14.8. The molecule has 0 radical (unpaired) electrons. The second kappa shape index (κ2) is 20.1. The van der Waals surface area contributed by atoms with Crippen molar-refractivity contribution in [2.45, 2.75) is 39.8 Å². The van der Waals surface area contributed by atoms with Crippen molar-refractivity contribution in [1.82, 2.24) is 0 Å². The average molecular weight is 981 g/mol. The van der Waals surface area contributed by atoms with Crippen molar-refractivity contribution in [1.29, 1.82) is 0 Å². The van der Waals surface area contributed by atoms with E-state index in [4.69, 9.17) is 9.98 Å². The lowest BCUT2D eigenvalue weighted by atomic mass is 9.86. The Labute approximate surface area is 444 Å². The monoisotopic (exact) mass is 980 g/mol. The lowest BCUT2D eigenvalue weighted by molar-refractivity contribution is 0.476. The van der Waals surface area contributed by atoms with E-state index in [0.717, 1.165) is 121 Å². The molecule has 0 heterocycles. The molecular weight excluding hydrogens is 925 g/mol. The second-order valence-electron chi connectivity index (χ2n) is 20.3. The van der Waals surface area contributed by atoms with Crippen molar-refractivity contribution >= 4 is 55.5 Å². The van der Waals surface area contributed by atoms with E-state index in [2.05, 4.69) is 210 Å². The first kappa shape index (κ1) is 47.6. The van der Waals surface area contributed by atoms with Crippen LogP contribution < -0.4 is 0 Å². The normalized spacial score (nSPS) is 12.6. The average Bonchev–Trinajstić information content (AvgIpc) is 3.55. The zero-order chi connectivity index (χ0) is 51.9. The summed E-state index contributed by atoms with van der Waals surface area (Å²) in [5.41, 5.74) is 15.2. The van der Waals surface area contributed by atoms with Gasteiger partial charge in [-0.1, -0.05) is 241 Å². The number of benzene rings is 12. The number of phenols is 2. The fourth-order valence-corrected chi connectivity index (χ4v) is 11.6. The molecule has 0 saturated heterocycles. The zero-order valence-electron chi connectivity index (χ0n) is 43.0. The Morgan fingerprint density at radius 3 is 1.00 bits per heavy atom. The molecule has 76 heavy (non-hydrogen) atoms. The van der Waals surface area contributed by atoms with E-state index in [1.165, 1.54) is 0 Å². The maximum absolute atomic E-state index is 13.0. The molecule has 4 nitrogen and oxygen atoms in total. The summed E-state index contributed by atoms with van der Waals surface area (Å²) in [4.78, 5) is 11.2. The summed E-state index contributed by atoms with van der Waals surface area (Å²) >= 11 is 0. The molecule has 366 valence electrons. The standard InChI is InChI=1S/C72H56N2O2/c1-45-35-46(2)38-55(37-45)69(73-43-57-41-53-25-13-17-29-61(53)67(71(57)75)65-59-27-15-11-23-51(59)31-33-63(65)49-19-7-5-8-20-49)70(56-39-47(3)36-48(4)40-56)74-44-58-42-54-26-14-18-30-62(54)68(72(58)76)66-60-28-16-12-24-52(60)32-34-64(66)50-21-9-6-10-22-50/h5-44,69-70,75-76H,1-4H3/t69-,70-/m0/s1. The molecule has 0 unspecified atom stereocenters. The van der Waals surface area contributed by atoms with E-state index in [-0.39, 0.29) is 11.5 Å². The number of aliphatic imine (C=N–C) groups is 2. The van der Waals surface area contributed by atoms with Gasteiger partial charge in [-0.25, -0.2) is 0 Å². The van der Waals surface area contributed by atoms with Crippen molar-refractivity contribution in [2.75, 3.05) is 0 Å². The lowest BCUT2D eigenvalue weighted by Gasteiger charge is -2.24. The summed E-state index contributed by atoms with van der Waals surface area (Å²) < 4.78 is 0. The molecular formula is C72H56N2O2. The minimum absolute atomic E-state index is 0.151. The number of aromatic hydroxyl groups is 2. The molecule has 12 aromatic rings. The van der Waals surface area contributed by atoms with Crippen LogP contribution in [0.3, 0.4) is 0 Å². The van der Waals surface area contributed by atoms with Crippen LogP contribution in [0.5, 0.6) is 11.5 Å². The van der Waals surface area contributed by atoms with E-state index < -0.39 is 12.1 Å². The number of fused-ring (bicyclic) bond motifs is 4. The summed E-state index contributed by atoms with van der Waals surface area (Å²) in [6.45, 7) is 8.48. The van der Waals surface area contributed by atoms with E-state index >= 15 is 0 Å². The van der Waals surface area contributed by atoms with Gasteiger partial charge in [0, 0.05) is 45.8 Å². The molecule has 0 bridgehead atoms. The molecule has 2 N–H and O–H groups in total. The number of aryl methyl sites for hydroxylation is 4. The van der Waals surface area contributed by atoms with Gasteiger partial charge in [0.15, 0.2) is 0 Å². The van der Waals surface area contributed by atoms with Crippen LogP contribution in [0, 0.1) is 27.7 Å². The van der Waals surface area contributed by atoms with Gasteiger partial charge < -0.3 is 10.2 Å². The van der Waals surface area contributed by atoms with E-state index in [9.17, 15) is 10.2 Å². The summed E-state index contributed by atoms with van der Waals surface area (Å²) in [5.74, 6) is 0.303. The highest BCUT2D eigenvalue weighted by molar-refractivity contribution is 6.16. The van der Waals surface area contributed by atoms with Crippen LogP contribution in [0.4, 0.5) is 0 Å². The van der Waals surface area contributed by atoms with Crippen LogP contribution in [0.1, 0.15) is 56.6 Å². The van der Waals surface area contributed by atoms with Gasteiger partial charge in [0.05, 0.1) is 0 Å². The Hall–Kier alpha value is -9.38. The summed E-state index contributed by atoms with van der Waals surface area (Å²) in [7, 11) is 0. The topological polar surface area (TPSA) is 65.2 Å². The minimum Gasteiger partial charge on any atom is -0.507 e. The van der Waals surface area contributed by atoms with E-state index in [0.29, 0.717) is 11.1 Å². The summed E-state index contributed by atoms with van der Waals surface area (Å²) in [5, 5.41) is 34.1. The molecule has 0 aliphatic rings. The number of hydrogen-bond acceptors (Lipinski definition) is 4. The Morgan fingerprint density at radius 2 is 0.632 bits per heavy atom. The zero-order valence-corrected chi connectivity index (χ0v) is 43.0. The first-order valence-corrected chi connectivity index (χ1v) is 26.0. The van der Waals surface area contributed by atoms with Gasteiger partial charge in [-0.05, 0) is 116 Å². The fraction of sp³-hybridized carbons (Fsp3) is 0.0833. The van der Waals surface area contributed by atoms with Gasteiger partial charge in [-0.3, -0.25) is 9.98 Å². The number of rotatable bonds is 11. The van der Waals surface area contributed by atoms with Crippen molar-refractivity contribution < 1.29 is 10.2 Å². The van der Waals surface area contributed by atoms with Crippen LogP contribution in [0.2, 0.25) is 0 Å². The van der Waals surface area contributed by atoms with Crippen LogP contribution in [-0.2, 0) is 0 Å². The van der Waals surface area contributed by atoms with Crippen LogP contribution in [-0.4, -0.2) is 22.6 Å². The van der Waals surface area contributed by atoms with Gasteiger partial charge >= 0.3 is 0 Å². The quantitative estimate of drug-likeness (QED) is 0.127. The Balaban J connectivity index is 1.07.